The smallest absolute Gasteiger partial charge is 0.269 e. The van der Waals surface area contributed by atoms with Crippen molar-refractivity contribution in [3.05, 3.63) is 33.9 Å². The molecule has 2 N–H and O–H groups in total. The van der Waals surface area contributed by atoms with Gasteiger partial charge in [0.25, 0.3) is 5.69 Å². The van der Waals surface area contributed by atoms with Crippen LogP contribution in [-0.2, 0) is 10.0 Å². The summed E-state index contributed by atoms with van der Waals surface area (Å²) in [6.07, 6.45) is 0.670. The molecule has 0 aliphatic rings. The lowest BCUT2D eigenvalue weighted by molar-refractivity contribution is -0.385. The van der Waals surface area contributed by atoms with Crippen molar-refractivity contribution in [1.82, 2.24) is 10.0 Å². The number of nitrogens with one attached hydrogen (secondary N) is 2. The van der Waals surface area contributed by atoms with Crippen LogP contribution in [0.1, 0.15) is 25.8 Å². The summed E-state index contributed by atoms with van der Waals surface area (Å²) in [5.41, 5.74) is 0.240. The molecule has 0 aromatic heterocycles. The highest BCUT2D eigenvalue weighted by atomic mass is 32.2. The van der Waals surface area contributed by atoms with Gasteiger partial charge in [0.15, 0.2) is 0 Å². The maximum Gasteiger partial charge on any atom is 0.269 e. The summed E-state index contributed by atoms with van der Waals surface area (Å²) < 4.78 is 26.8. The minimum absolute atomic E-state index is 0.0740. The number of hydrogen-bond acceptors (Lipinski definition) is 5. The summed E-state index contributed by atoms with van der Waals surface area (Å²) in [7, 11) is -3.63. The Morgan fingerprint density at radius 3 is 2.48 bits per heavy atom. The van der Waals surface area contributed by atoms with E-state index in [0.717, 1.165) is 6.54 Å². The molecule has 1 aromatic rings. The van der Waals surface area contributed by atoms with E-state index in [9.17, 15) is 18.5 Å². The standard InChI is InChI=1S/C13H21N3O4S/c1-10(2)14-7-4-8-15-21(19,20)13-6-5-12(16(17)18)9-11(13)3/h5-6,9-10,14-15H,4,7-8H2,1-3H3. The van der Waals surface area contributed by atoms with Crippen LogP contribution in [-0.4, -0.2) is 32.5 Å². The van der Waals surface area contributed by atoms with Crippen LogP contribution in [0.3, 0.4) is 0 Å². The van der Waals surface area contributed by atoms with E-state index in [1.165, 1.54) is 18.2 Å². The maximum absolute atomic E-state index is 12.1. The molecule has 7 nitrogen and oxygen atoms in total. The fourth-order valence-corrected chi connectivity index (χ4v) is 3.11. The highest BCUT2D eigenvalue weighted by Crippen LogP contribution is 2.20. The molecule has 1 rings (SSSR count). The molecule has 0 heterocycles. The third-order valence-electron chi connectivity index (χ3n) is 2.86. The summed E-state index contributed by atoms with van der Waals surface area (Å²) >= 11 is 0. The summed E-state index contributed by atoms with van der Waals surface area (Å²) in [5, 5.41) is 13.8. The second-order valence-corrected chi connectivity index (χ2v) is 6.80. The summed E-state index contributed by atoms with van der Waals surface area (Å²) in [5.74, 6) is 0. The van der Waals surface area contributed by atoms with Crippen LogP contribution < -0.4 is 10.0 Å². The Bertz CT molecular complexity index is 599. The van der Waals surface area contributed by atoms with Gasteiger partial charge in [0, 0.05) is 24.7 Å². The molecule has 118 valence electrons. The average molecular weight is 315 g/mol. The van der Waals surface area contributed by atoms with Crippen LogP contribution in [0.25, 0.3) is 0 Å². The molecule has 0 bridgehead atoms. The molecule has 0 amide bonds. The van der Waals surface area contributed by atoms with Crippen molar-refractivity contribution in [2.24, 2.45) is 0 Å². The van der Waals surface area contributed by atoms with Gasteiger partial charge in [-0.1, -0.05) is 13.8 Å². The number of nitrogens with zero attached hydrogens (tertiary/aromatic N) is 1. The Morgan fingerprint density at radius 2 is 1.95 bits per heavy atom. The van der Waals surface area contributed by atoms with E-state index in [-0.39, 0.29) is 10.6 Å². The largest absolute Gasteiger partial charge is 0.314 e. The van der Waals surface area contributed by atoms with E-state index < -0.39 is 14.9 Å². The predicted octanol–water partition coefficient (Wildman–Crippen LogP) is 1.57. The number of sulfonamides is 1. The van der Waals surface area contributed by atoms with Crippen LogP contribution in [0, 0.1) is 17.0 Å². The Balaban J connectivity index is 2.68. The topological polar surface area (TPSA) is 101 Å². The first-order valence-electron chi connectivity index (χ1n) is 6.72. The van der Waals surface area contributed by atoms with E-state index in [1.54, 1.807) is 6.92 Å². The van der Waals surface area contributed by atoms with Crippen molar-refractivity contribution in [2.75, 3.05) is 13.1 Å². The third kappa shape index (κ3) is 5.41. The second-order valence-electron chi connectivity index (χ2n) is 5.07. The SMILES string of the molecule is Cc1cc([N+](=O)[O-])ccc1S(=O)(=O)NCCCNC(C)C. The third-order valence-corrected chi connectivity index (χ3v) is 4.48. The van der Waals surface area contributed by atoms with E-state index in [1.807, 2.05) is 13.8 Å². The van der Waals surface area contributed by atoms with Gasteiger partial charge in [-0.15, -0.1) is 0 Å². The Morgan fingerprint density at radius 1 is 1.29 bits per heavy atom. The van der Waals surface area contributed by atoms with Gasteiger partial charge in [0.05, 0.1) is 9.82 Å². The highest BCUT2D eigenvalue weighted by Gasteiger charge is 2.18. The Kier molecular flexibility index (Phi) is 6.25. The molecule has 0 aliphatic carbocycles. The molecule has 0 fully saturated rings. The van der Waals surface area contributed by atoms with E-state index in [0.29, 0.717) is 24.6 Å². The molecule has 0 spiro atoms. The number of nitro groups is 1. The van der Waals surface area contributed by atoms with Gasteiger partial charge in [-0.3, -0.25) is 10.1 Å². The molecule has 0 radical (unpaired) electrons. The number of non-ortho nitro benzene ring substituents is 1. The first kappa shape index (κ1) is 17.5. The summed E-state index contributed by atoms with van der Waals surface area (Å²) in [4.78, 5) is 10.2. The van der Waals surface area contributed by atoms with Crippen molar-refractivity contribution >= 4 is 15.7 Å². The van der Waals surface area contributed by atoms with Gasteiger partial charge >= 0.3 is 0 Å². The molecule has 0 unspecified atom stereocenters. The Hall–Kier alpha value is -1.51. The van der Waals surface area contributed by atoms with Crippen molar-refractivity contribution in [3.8, 4) is 0 Å². The van der Waals surface area contributed by atoms with Crippen LogP contribution in [0.4, 0.5) is 5.69 Å². The van der Waals surface area contributed by atoms with Gasteiger partial charge in [0.1, 0.15) is 0 Å². The molecule has 0 atom stereocenters. The van der Waals surface area contributed by atoms with E-state index in [2.05, 4.69) is 10.0 Å². The van der Waals surface area contributed by atoms with Crippen LogP contribution in [0.15, 0.2) is 23.1 Å². The quantitative estimate of drug-likeness (QED) is 0.431. The zero-order chi connectivity index (χ0) is 16.0. The van der Waals surface area contributed by atoms with E-state index in [4.69, 9.17) is 0 Å². The zero-order valence-corrected chi connectivity index (χ0v) is 13.2. The zero-order valence-electron chi connectivity index (χ0n) is 12.4. The Labute approximate surface area is 124 Å². The highest BCUT2D eigenvalue weighted by molar-refractivity contribution is 7.89. The molecule has 0 saturated heterocycles. The predicted molar refractivity (Wildman–Crippen MR) is 80.8 cm³/mol. The van der Waals surface area contributed by atoms with Crippen molar-refractivity contribution in [2.45, 2.75) is 38.1 Å². The molecular formula is C13H21N3O4S. The fourth-order valence-electron chi connectivity index (χ4n) is 1.81. The normalized spacial score (nSPS) is 11.8. The van der Waals surface area contributed by atoms with Crippen LogP contribution in [0.5, 0.6) is 0 Å². The average Bonchev–Trinajstić information content (AvgIpc) is 2.37. The molecule has 0 saturated carbocycles. The number of nitro benzene ring substituents is 1. The summed E-state index contributed by atoms with van der Waals surface area (Å²) in [6, 6.07) is 4.08. The van der Waals surface area contributed by atoms with Crippen molar-refractivity contribution < 1.29 is 13.3 Å². The lowest BCUT2D eigenvalue weighted by Crippen LogP contribution is -2.30. The molecular weight excluding hydrogens is 294 g/mol. The molecule has 8 heteroatoms. The lowest BCUT2D eigenvalue weighted by atomic mass is 10.2. The van der Waals surface area contributed by atoms with Gasteiger partial charge < -0.3 is 5.32 Å². The number of benzene rings is 1. The number of aryl methyl sites for hydroxylation is 1. The van der Waals surface area contributed by atoms with E-state index >= 15 is 0 Å². The second kappa shape index (κ2) is 7.48. The van der Waals surface area contributed by atoms with Crippen molar-refractivity contribution in [1.29, 1.82) is 0 Å². The monoisotopic (exact) mass is 315 g/mol. The molecule has 21 heavy (non-hydrogen) atoms. The maximum atomic E-state index is 12.1. The lowest BCUT2D eigenvalue weighted by Gasteiger charge is -2.10. The minimum Gasteiger partial charge on any atom is -0.314 e. The van der Waals surface area contributed by atoms with Gasteiger partial charge in [-0.25, -0.2) is 13.1 Å². The van der Waals surface area contributed by atoms with Crippen LogP contribution >= 0.6 is 0 Å². The summed E-state index contributed by atoms with van der Waals surface area (Å²) in [6.45, 7) is 6.62. The van der Waals surface area contributed by atoms with Gasteiger partial charge in [-0.2, -0.15) is 0 Å². The first-order valence-corrected chi connectivity index (χ1v) is 8.20. The molecule has 0 aliphatic heterocycles. The molecule has 1 aromatic carbocycles. The number of rotatable bonds is 8. The first-order chi connectivity index (χ1) is 9.74. The minimum atomic E-state index is -3.63. The fraction of sp³-hybridized carbons (Fsp3) is 0.538. The van der Waals surface area contributed by atoms with Crippen LogP contribution in [0.2, 0.25) is 0 Å². The number of hydrogen-bond donors (Lipinski definition) is 2. The van der Waals surface area contributed by atoms with Gasteiger partial charge in [-0.05, 0) is 31.5 Å². The van der Waals surface area contributed by atoms with Gasteiger partial charge in [0.2, 0.25) is 10.0 Å². The van der Waals surface area contributed by atoms with Crippen molar-refractivity contribution in [3.63, 3.8) is 0 Å².